The van der Waals surface area contributed by atoms with E-state index in [0.717, 1.165) is 25.3 Å². The number of methoxy groups -OCH3 is 1. The molecule has 0 amide bonds. The molecule has 0 bridgehead atoms. The fraction of sp³-hybridized carbons (Fsp3) is 0.333. The Morgan fingerprint density at radius 2 is 1.86 bits per heavy atom. The summed E-state index contributed by atoms with van der Waals surface area (Å²) < 4.78 is 5.42. The minimum atomic E-state index is 0.390. The van der Waals surface area contributed by atoms with Gasteiger partial charge in [0.1, 0.15) is 5.75 Å². The van der Waals surface area contributed by atoms with Gasteiger partial charge >= 0.3 is 0 Å². The molecule has 2 aromatic carbocycles. The minimum absolute atomic E-state index is 0.390. The second kappa shape index (κ2) is 6.74. The molecule has 21 heavy (non-hydrogen) atoms. The van der Waals surface area contributed by atoms with Crippen LogP contribution in [0.15, 0.2) is 54.6 Å². The predicted octanol–water partition coefficient (Wildman–Crippen LogP) is 2.89. The van der Waals surface area contributed by atoms with E-state index in [9.17, 15) is 0 Å². The molecular weight excluding hydrogens is 260 g/mol. The summed E-state index contributed by atoms with van der Waals surface area (Å²) in [6.45, 7) is 1.89. The van der Waals surface area contributed by atoms with Crippen molar-refractivity contribution in [2.24, 2.45) is 0 Å². The van der Waals surface area contributed by atoms with Crippen LogP contribution in [0, 0.1) is 0 Å². The molecule has 2 atom stereocenters. The second-order valence-electron chi connectivity index (χ2n) is 5.43. The van der Waals surface area contributed by atoms with Crippen molar-refractivity contribution in [3.05, 3.63) is 65.7 Å². The van der Waals surface area contributed by atoms with Crippen LogP contribution in [0.3, 0.4) is 0 Å². The van der Waals surface area contributed by atoms with Gasteiger partial charge in [0, 0.05) is 24.2 Å². The molecule has 1 aliphatic rings. The first-order chi connectivity index (χ1) is 10.4. The molecule has 2 aromatic rings. The number of nitrogens with one attached hydrogen (secondary N) is 2. The Hall–Kier alpha value is -1.84. The molecular formula is C18H22N2O. The summed E-state index contributed by atoms with van der Waals surface area (Å²) in [7, 11) is 1.72. The Bertz CT molecular complexity index is 570. The van der Waals surface area contributed by atoms with Crippen LogP contribution in [0.4, 0.5) is 0 Å². The lowest BCUT2D eigenvalue weighted by atomic mass is 10.0. The van der Waals surface area contributed by atoms with E-state index in [-0.39, 0.29) is 0 Å². The van der Waals surface area contributed by atoms with Gasteiger partial charge in [0.05, 0.1) is 7.11 Å². The number of hydrogen-bond donors (Lipinski definition) is 2. The van der Waals surface area contributed by atoms with Crippen LogP contribution in [0.5, 0.6) is 5.75 Å². The monoisotopic (exact) mass is 282 g/mol. The van der Waals surface area contributed by atoms with Crippen molar-refractivity contribution in [2.75, 3.05) is 13.7 Å². The lowest BCUT2D eigenvalue weighted by molar-refractivity contribution is 0.401. The van der Waals surface area contributed by atoms with Crippen LogP contribution in [-0.4, -0.2) is 19.7 Å². The second-order valence-corrected chi connectivity index (χ2v) is 5.43. The molecule has 0 unspecified atom stereocenters. The van der Waals surface area contributed by atoms with E-state index >= 15 is 0 Å². The third-order valence-electron chi connectivity index (χ3n) is 4.13. The topological polar surface area (TPSA) is 33.3 Å². The van der Waals surface area contributed by atoms with E-state index in [1.165, 1.54) is 11.1 Å². The third kappa shape index (κ3) is 3.26. The fourth-order valence-corrected chi connectivity index (χ4v) is 3.02. The summed E-state index contributed by atoms with van der Waals surface area (Å²) in [5.41, 5.74) is 2.56. The van der Waals surface area contributed by atoms with Crippen LogP contribution in [0.2, 0.25) is 0 Å². The largest absolute Gasteiger partial charge is 0.496 e. The van der Waals surface area contributed by atoms with Crippen LogP contribution in [0.1, 0.15) is 23.6 Å². The quantitative estimate of drug-likeness (QED) is 0.884. The molecule has 0 aromatic heterocycles. The molecule has 3 rings (SSSR count). The van der Waals surface area contributed by atoms with E-state index in [1.54, 1.807) is 7.11 Å². The van der Waals surface area contributed by atoms with Gasteiger partial charge in [0.15, 0.2) is 0 Å². The highest BCUT2D eigenvalue weighted by molar-refractivity contribution is 5.33. The lowest BCUT2D eigenvalue weighted by Gasteiger charge is -2.22. The Labute approximate surface area is 126 Å². The van der Waals surface area contributed by atoms with Gasteiger partial charge in [-0.15, -0.1) is 0 Å². The standard InChI is InChI=1S/C18H22N2O/c1-21-17-10-6-5-9-15(17)13-20-16-11-12-19-18(16)14-7-3-2-4-8-14/h2-10,16,18-20H,11-13H2,1H3/t16-,18+/m1/s1. The first-order valence-corrected chi connectivity index (χ1v) is 7.52. The van der Waals surface area contributed by atoms with Gasteiger partial charge < -0.3 is 15.4 Å². The summed E-state index contributed by atoms with van der Waals surface area (Å²) in [6, 6.07) is 19.7. The number of rotatable bonds is 5. The molecule has 3 nitrogen and oxygen atoms in total. The molecule has 0 spiro atoms. The van der Waals surface area contributed by atoms with Gasteiger partial charge in [0.2, 0.25) is 0 Å². The molecule has 1 fully saturated rings. The zero-order valence-corrected chi connectivity index (χ0v) is 12.4. The number of para-hydroxylation sites is 1. The van der Waals surface area contributed by atoms with Crippen LogP contribution < -0.4 is 15.4 Å². The summed E-state index contributed by atoms with van der Waals surface area (Å²) in [5, 5.41) is 7.27. The van der Waals surface area contributed by atoms with Crippen LogP contribution in [0.25, 0.3) is 0 Å². The highest BCUT2D eigenvalue weighted by Crippen LogP contribution is 2.25. The van der Waals surface area contributed by atoms with Crippen molar-refractivity contribution in [1.82, 2.24) is 10.6 Å². The summed E-state index contributed by atoms with van der Waals surface area (Å²) in [4.78, 5) is 0. The van der Waals surface area contributed by atoms with Crippen molar-refractivity contribution in [2.45, 2.75) is 25.0 Å². The Kier molecular flexibility index (Phi) is 4.53. The molecule has 3 heteroatoms. The average molecular weight is 282 g/mol. The van der Waals surface area contributed by atoms with Crippen LogP contribution >= 0.6 is 0 Å². The molecule has 0 aliphatic carbocycles. The van der Waals surface area contributed by atoms with E-state index in [4.69, 9.17) is 4.74 Å². The molecule has 2 N–H and O–H groups in total. The highest BCUT2D eigenvalue weighted by Gasteiger charge is 2.27. The molecule has 110 valence electrons. The van der Waals surface area contributed by atoms with Gasteiger partial charge in [-0.3, -0.25) is 0 Å². The smallest absolute Gasteiger partial charge is 0.123 e. The molecule has 1 aliphatic heterocycles. The van der Waals surface area contributed by atoms with Crippen molar-refractivity contribution in [1.29, 1.82) is 0 Å². The molecule has 0 saturated carbocycles. The third-order valence-corrected chi connectivity index (χ3v) is 4.13. The first-order valence-electron chi connectivity index (χ1n) is 7.52. The maximum absolute atomic E-state index is 5.42. The van der Waals surface area contributed by atoms with E-state index in [2.05, 4.69) is 53.1 Å². The van der Waals surface area contributed by atoms with Crippen LogP contribution in [-0.2, 0) is 6.54 Å². The Morgan fingerprint density at radius 1 is 1.10 bits per heavy atom. The van der Waals surface area contributed by atoms with E-state index in [0.29, 0.717) is 12.1 Å². The van der Waals surface area contributed by atoms with Gasteiger partial charge in [0.25, 0.3) is 0 Å². The van der Waals surface area contributed by atoms with Crippen molar-refractivity contribution < 1.29 is 4.74 Å². The van der Waals surface area contributed by atoms with Gasteiger partial charge in [-0.25, -0.2) is 0 Å². The first kappa shape index (κ1) is 14.1. The number of benzene rings is 2. The maximum atomic E-state index is 5.42. The van der Waals surface area contributed by atoms with E-state index in [1.807, 2.05) is 12.1 Å². The van der Waals surface area contributed by atoms with Gasteiger partial charge in [-0.2, -0.15) is 0 Å². The molecule has 1 heterocycles. The van der Waals surface area contributed by atoms with Crippen molar-refractivity contribution in [3.63, 3.8) is 0 Å². The predicted molar refractivity (Wildman–Crippen MR) is 85.4 cm³/mol. The minimum Gasteiger partial charge on any atom is -0.496 e. The lowest BCUT2D eigenvalue weighted by Crippen LogP contribution is -2.34. The molecule has 1 saturated heterocycles. The van der Waals surface area contributed by atoms with Gasteiger partial charge in [-0.1, -0.05) is 48.5 Å². The van der Waals surface area contributed by atoms with E-state index < -0.39 is 0 Å². The Balaban J connectivity index is 1.67. The zero-order valence-electron chi connectivity index (χ0n) is 12.4. The van der Waals surface area contributed by atoms with Gasteiger partial charge in [-0.05, 0) is 24.6 Å². The normalized spacial score (nSPS) is 21.4. The van der Waals surface area contributed by atoms with Crippen molar-refractivity contribution in [3.8, 4) is 5.75 Å². The van der Waals surface area contributed by atoms with Crippen molar-refractivity contribution >= 4 is 0 Å². The fourth-order valence-electron chi connectivity index (χ4n) is 3.02. The zero-order chi connectivity index (χ0) is 14.5. The average Bonchev–Trinajstić information content (AvgIpc) is 3.02. The summed E-state index contributed by atoms with van der Waals surface area (Å²) >= 11 is 0. The summed E-state index contributed by atoms with van der Waals surface area (Å²) in [6.07, 6.45) is 1.15. The highest BCUT2D eigenvalue weighted by atomic mass is 16.5. The molecule has 0 radical (unpaired) electrons. The SMILES string of the molecule is COc1ccccc1CN[C@@H]1CCN[C@H]1c1ccccc1. The maximum Gasteiger partial charge on any atom is 0.123 e. The summed E-state index contributed by atoms with van der Waals surface area (Å²) in [5.74, 6) is 0.951. The Morgan fingerprint density at radius 3 is 2.67 bits per heavy atom. The number of hydrogen-bond acceptors (Lipinski definition) is 3. The number of ether oxygens (including phenoxy) is 1.